The van der Waals surface area contributed by atoms with Crippen molar-refractivity contribution in [3.63, 3.8) is 0 Å². The van der Waals surface area contributed by atoms with Crippen LogP contribution in [0.1, 0.15) is 34.0 Å². The number of carbonyl (C=O) groups is 1. The van der Waals surface area contributed by atoms with E-state index in [1.54, 1.807) is 0 Å². The third kappa shape index (κ3) is 3.81. The molecule has 1 N–H and O–H groups in total. The lowest BCUT2D eigenvalue weighted by molar-refractivity contribution is -0.136. The molecule has 0 aliphatic rings. The Morgan fingerprint density at radius 2 is 1.90 bits per heavy atom. The maximum atomic E-state index is 13.2. The van der Waals surface area contributed by atoms with Gasteiger partial charge in [-0.15, -0.1) is 5.10 Å². The van der Waals surface area contributed by atoms with Crippen LogP contribution in [-0.4, -0.2) is 25.5 Å². The molecule has 3 aromatic heterocycles. The fraction of sp³-hybridized carbons (Fsp3) is 0.167. The summed E-state index contributed by atoms with van der Waals surface area (Å²) >= 11 is 0. The highest BCUT2D eigenvalue weighted by Gasteiger charge is 2.34. The largest absolute Gasteiger partial charge is 0.423 e. The van der Waals surface area contributed by atoms with Gasteiger partial charge in [0.2, 0.25) is 5.82 Å². The van der Waals surface area contributed by atoms with Crippen LogP contribution < -0.4 is 10.9 Å². The minimum absolute atomic E-state index is 0.0305. The lowest BCUT2D eigenvalue weighted by Gasteiger charge is -2.10. The standard InChI is InChI=1S/C18H10F5N5O3/c1-7-4-11(14(19)20)28-17(24-7)26-15(27-28)16(30)25-8-2-3-9-10(18(21,22)23)6-13(29)31-12(9)5-8/h2-6,14H,1H3,(H,25,30). The molecule has 31 heavy (non-hydrogen) atoms. The first kappa shape index (κ1) is 20.4. The summed E-state index contributed by atoms with van der Waals surface area (Å²) in [6, 6.07) is 4.62. The number of aryl methyl sites for hydroxylation is 1. The molecule has 160 valence electrons. The first-order valence-corrected chi connectivity index (χ1v) is 8.52. The number of alkyl halides is 5. The van der Waals surface area contributed by atoms with E-state index in [0.29, 0.717) is 6.07 Å². The van der Waals surface area contributed by atoms with Crippen LogP contribution in [-0.2, 0) is 6.18 Å². The normalized spacial score (nSPS) is 12.1. The van der Waals surface area contributed by atoms with Crippen molar-refractivity contribution in [1.82, 2.24) is 19.6 Å². The predicted octanol–water partition coefficient (Wildman–Crippen LogP) is 3.75. The van der Waals surface area contributed by atoms with E-state index < -0.39 is 46.8 Å². The molecule has 0 aliphatic carbocycles. The Labute approximate surface area is 168 Å². The number of amides is 1. The Balaban J connectivity index is 1.70. The van der Waals surface area contributed by atoms with Gasteiger partial charge in [-0.05, 0) is 25.1 Å². The lowest BCUT2D eigenvalue weighted by atomic mass is 10.1. The van der Waals surface area contributed by atoms with E-state index in [0.717, 1.165) is 28.8 Å². The minimum atomic E-state index is -4.78. The summed E-state index contributed by atoms with van der Waals surface area (Å²) in [5, 5.41) is 5.66. The van der Waals surface area contributed by atoms with E-state index in [2.05, 4.69) is 20.4 Å². The second-order valence-corrected chi connectivity index (χ2v) is 6.41. The summed E-state index contributed by atoms with van der Waals surface area (Å²) in [6.07, 6.45) is -7.68. The maximum Gasteiger partial charge on any atom is 0.417 e. The number of hydrogen-bond donors (Lipinski definition) is 1. The van der Waals surface area contributed by atoms with Gasteiger partial charge in [-0.3, -0.25) is 4.79 Å². The Hall–Kier alpha value is -3.90. The second kappa shape index (κ2) is 7.11. The van der Waals surface area contributed by atoms with Crippen molar-refractivity contribution in [2.24, 2.45) is 0 Å². The Morgan fingerprint density at radius 1 is 1.16 bits per heavy atom. The van der Waals surface area contributed by atoms with Gasteiger partial charge in [-0.2, -0.15) is 22.7 Å². The van der Waals surface area contributed by atoms with Crippen molar-refractivity contribution in [3.8, 4) is 0 Å². The molecule has 0 radical (unpaired) electrons. The zero-order chi connectivity index (χ0) is 22.5. The molecule has 0 atom stereocenters. The molecule has 0 bridgehead atoms. The van der Waals surface area contributed by atoms with Crippen LogP contribution in [0.5, 0.6) is 0 Å². The number of rotatable bonds is 3. The van der Waals surface area contributed by atoms with Gasteiger partial charge in [0.15, 0.2) is 0 Å². The van der Waals surface area contributed by atoms with Gasteiger partial charge in [0.25, 0.3) is 18.1 Å². The molecule has 0 unspecified atom stereocenters. The average Bonchev–Trinajstić information content (AvgIpc) is 3.09. The molecule has 8 nitrogen and oxygen atoms in total. The number of nitrogens with zero attached hydrogens (tertiary/aromatic N) is 4. The van der Waals surface area contributed by atoms with Crippen LogP contribution >= 0.6 is 0 Å². The van der Waals surface area contributed by atoms with Crippen LogP contribution in [0.15, 0.2) is 39.5 Å². The maximum absolute atomic E-state index is 13.2. The summed E-state index contributed by atoms with van der Waals surface area (Å²) in [4.78, 5) is 31.7. The molecule has 0 aliphatic heterocycles. The van der Waals surface area contributed by atoms with Crippen LogP contribution in [0.4, 0.5) is 27.6 Å². The highest BCUT2D eigenvalue weighted by molar-refractivity contribution is 6.02. The van der Waals surface area contributed by atoms with E-state index in [4.69, 9.17) is 4.42 Å². The topological polar surface area (TPSA) is 102 Å². The minimum Gasteiger partial charge on any atom is -0.423 e. The molecular weight excluding hydrogens is 429 g/mol. The Bertz CT molecular complexity index is 1390. The van der Waals surface area contributed by atoms with Gasteiger partial charge in [-0.25, -0.2) is 18.6 Å². The van der Waals surface area contributed by atoms with Crippen LogP contribution in [0.3, 0.4) is 0 Å². The fourth-order valence-corrected chi connectivity index (χ4v) is 2.93. The van der Waals surface area contributed by atoms with Crippen molar-refractivity contribution >= 4 is 28.3 Å². The average molecular weight is 439 g/mol. The predicted molar refractivity (Wildman–Crippen MR) is 95.9 cm³/mol. The third-order valence-corrected chi connectivity index (χ3v) is 4.20. The quantitative estimate of drug-likeness (QED) is 0.385. The van der Waals surface area contributed by atoms with E-state index in [1.165, 1.54) is 6.92 Å². The smallest absolute Gasteiger partial charge is 0.417 e. The molecule has 1 amide bonds. The van der Waals surface area contributed by atoms with Crippen molar-refractivity contribution in [2.75, 3.05) is 5.32 Å². The molecule has 0 saturated carbocycles. The first-order chi connectivity index (χ1) is 14.5. The number of fused-ring (bicyclic) bond motifs is 2. The fourth-order valence-electron chi connectivity index (χ4n) is 2.93. The van der Waals surface area contributed by atoms with Crippen molar-refractivity contribution in [3.05, 3.63) is 63.5 Å². The zero-order valence-electron chi connectivity index (χ0n) is 15.4. The Kier molecular flexibility index (Phi) is 4.67. The zero-order valence-corrected chi connectivity index (χ0v) is 15.4. The summed E-state index contributed by atoms with van der Waals surface area (Å²) in [6.45, 7) is 1.47. The van der Waals surface area contributed by atoms with Crippen molar-refractivity contribution < 1.29 is 31.2 Å². The van der Waals surface area contributed by atoms with Gasteiger partial charge in [0, 0.05) is 28.9 Å². The van der Waals surface area contributed by atoms with E-state index in [1.807, 2.05) is 0 Å². The summed E-state index contributed by atoms with van der Waals surface area (Å²) in [5.74, 6) is -1.65. The van der Waals surface area contributed by atoms with Crippen LogP contribution in [0.2, 0.25) is 0 Å². The molecular formula is C18H10F5N5O3. The summed E-state index contributed by atoms with van der Waals surface area (Å²) in [5.41, 5.74) is -3.10. The molecule has 0 saturated heterocycles. The molecule has 0 spiro atoms. The molecule has 13 heteroatoms. The first-order valence-electron chi connectivity index (χ1n) is 8.52. The van der Waals surface area contributed by atoms with Crippen molar-refractivity contribution in [1.29, 1.82) is 0 Å². The van der Waals surface area contributed by atoms with Gasteiger partial charge in [0.1, 0.15) is 11.3 Å². The van der Waals surface area contributed by atoms with E-state index in [9.17, 15) is 31.5 Å². The second-order valence-electron chi connectivity index (χ2n) is 6.41. The van der Waals surface area contributed by atoms with Gasteiger partial charge in [0.05, 0.1) is 5.56 Å². The van der Waals surface area contributed by atoms with Gasteiger partial charge in [-0.1, -0.05) is 0 Å². The van der Waals surface area contributed by atoms with E-state index >= 15 is 0 Å². The number of benzene rings is 1. The molecule has 3 heterocycles. The molecule has 1 aromatic carbocycles. The van der Waals surface area contributed by atoms with Crippen molar-refractivity contribution in [2.45, 2.75) is 19.5 Å². The lowest BCUT2D eigenvalue weighted by Crippen LogP contribution is -2.15. The Morgan fingerprint density at radius 3 is 2.58 bits per heavy atom. The number of halogens is 5. The van der Waals surface area contributed by atoms with E-state index in [-0.39, 0.29) is 22.5 Å². The highest BCUT2D eigenvalue weighted by Crippen LogP contribution is 2.34. The van der Waals surface area contributed by atoms with Crippen LogP contribution in [0.25, 0.3) is 16.7 Å². The monoisotopic (exact) mass is 439 g/mol. The number of aromatic nitrogens is 4. The third-order valence-electron chi connectivity index (χ3n) is 4.20. The summed E-state index contributed by atoms with van der Waals surface area (Å²) in [7, 11) is 0. The van der Waals surface area contributed by atoms with Gasteiger partial charge < -0.3 is 9.73 Å². The number of nitrogens with one attached hydrogen (secondary N) is 1. The van der Waals surface area contributed by atoms with Crippen LogP contribution in [0, 0.1) is 6.92 Å². The highest BCUT2D eigenvalue weighted by atomic mass is 19.4. The van der Waals surface area contributed by atoms with Gasteiger partial charge >= 0.3 is 11.8 Å². The molecule has 0 fully saturated rings. The molecule has 4 rings (SSSR count). The number of carbonyl (C=O) groups excluding carboxylic acids is 1. The molecule has 4 aromatic rings. The number of hydrogen-bond acceptors (Lipinski definition) is 6. The SMILES string of the molecule is Cc1cc(C(F)F)n2nc(C(=O)Nc3ccc4c(C(F)(F)F)cc(=O)oc4c3)nc2n1. The summed E-state index contributed by atoms with van der Waals surface area (Å²) < 4.78 is 71.3. The number of anilines is 1.